The number of carbonyl (C=O) groups excluding carboxylic acids is 1. The van der Waals surface area contributed by atoms with Crippen LogP contribution in [0.3, 0.4) is 0 Å². The molecule has 6 heteroatoms. The van der Waals surface area contributed by atoms with Gasteiger partial charge in [0.15, 0.2) is 0 Å². The average molecular weight is 313 g/mol. The van der Waals surface area contributed by atoms with Gasteiger partial charge in [-0.3, -0.25) is 4.79 Å². The van der Waals surface area contributed by atoms with Crippen LogP contribution in [0.25, 0.3) is 0 Å². The van der Waals surface area contributed by atoms with Crippen molar-refractivity contribution < 1.29 is 9.21 Å². The number of hydrogen-bond acceptors (Lipinski definition) is 3. The van der Waals surface area contributed by atoms with E-state index in [1.165, 1.54) is 0 Å². The second-order valence-electron chi connectivity index (χ2n) is 4.44. The van der Waals surface area contributed by atoms with Crippen molar-refractivity contribution >= 4 is 29.1 Å². The number of aryl methyl sites for hydroxylation is 2. The summed E-state index contributed by atoms with van der Waals surface area (Å²) in [5.74, 6) is 1.10. The predicted molar refractivity (Wildman–Crippen MR) is 78.0 cm³/mol. The zero-order valence-electron chi connectivity index (χ0n) is 11.2. The van der Waals surface area contributed by atoms with E-state index in [9.17, 15) is 4.79 Å². The summed E-state index contributed by atoms with van der Waals surface area (Å²) >= 11 is 11.8. The Balaban J connectivity index is 1.92. The molecule has 1 aromatic carbocycles. The predicted octanol–water partition coefficient (Wildman–Crippen LogP) is 3.46. The first-order chi connectivity index (χ1) is 9.45. The molecule has 1 heterocycles. The van der Waals surface area contributed by atoms with Crippen LogP contribution >= 0.6 is 23.2 Å². The van der Waals surface area contributed by atoms with Crippen molar-refractivity contribution in [3.63, 3.8) is 0 Å². The highest BCUT2D eigenvalue weighted by atomic mass is 35.5. The number of aromatic nitrogens is 1. The molecule has 0 aliphatic rings. The lowest BCUT2D eigenvalue weighted by Crippen LogP contribution is -2.24. The minimum absolute atomic E-state index is 0.150. The van der Waals surface area contributed by atoms with Crippen molar-refractivity contribution in [3.05, 3.63) is 51.2 Å². The van der Waals surface area contributed by atoms with Crippen LogP contribution in [0.5, 0.6) is 0 Å². The zero-order valence-corrected chi connectivity index (χ0v) is 12.7. The maximum absolute atomic E-state index is 11.8. The number of oxazole rings is 1. The highest BCUT2D eigenvalue weighted by Gasteiger charge is 2.10. The number of halogens is 2. The molecule has 106 valence electrons. The maximum Gasteiger partial charge on any atom is 0.224 e. The summed E-state index contributed by atoms with van der Waals surface area (Å²) in [5.41, 5.74) is 1.56. The molecule has 2 rings (SSSR count). The molecule has 20 heavy (non-hydrogen) atoms. The highest BCUT2D eigenvalue weighted by molar-refractivity contribution is 6.35. The second-order valence-corrected chi connectivity index (χ2v) is 5.28. The summed E-state index contributed by atoms with van der Waals surface area (Å²) in [6, 6.07) is 5.06. The SMILES string of the molecule is Cc1nc(CNC(=O)Cc2ccc(Cl)cc2Cl)oc1C. The van der Waals surface area contributed by atoms with Gasteiger partial charge in [-0.05, 0) is 31.5 Å². The van der Waals surface area contributed by atoms with Gasteiger partial charge in [-0.1, -0.05) is 29.3 Å². The molecule has 4 nitrogen and oxygen atoms in total. The fourth-order valence-corrected chi connectivity index (χ4v) is 2.16. The lowest BCUT2D eigenvalue weighted by molar-refractivity contribution is -0.120. The molecule has 0 saturated carbocycles. The van der Waals surface area contributed by atoms with E-state index in [2.05, 4.69) is 10.3 Å². The first-order valence-electron chi connectivity index (χ1n) is 6.09. The summed E-state index contributed by atoms with van der Waals surface area (Å²) in [4.78, 5) is 16.0. The van der Waals surface area contributed by atoms with Crippen molar-refractivity contribution in [2.45, 2.75) is 26.8 Å². The Morgan fingerprint density at radius 3 is 2.70 bits per heavy atom. The Bertz CT molecular complexity index is 619. The fourth-order valence-electron chi connectivity index (χ4n) is 1.69. The van der Waals surface area contributed by atoms with E-state index >= 15 is 0 Å². The van der Waals surface area contributed by atoms with Crippen molar-refractivity contribution in [1.82, 2.24) is 10.3 Å². The second kappa shape index (κ2) is 6.29. The van der Waals surface area contributed by atoms with Crippen molar-refractivity contribution in [1.29, 1.82) is 0 Å². The van der Waals surface area contributed by atoms with E-state index in [0.717, 1.165) is 17.0 Å². The minimum Gasteiger partial charge on any atom is -0.444 e. The fraction of sp³-hybridized carbons (Fsp3) is 0.286. The molecule has 0 aliphatic carbocycles. The van der Waals surface area contributed by atoms with Gasteiger partial charge in [-0.2, -0.15) is 0 Å². The molecule has 0 bridgehead atoms. The molecular weight excluding hydrogens is 299 g/mol. The number of nitrogens with zero attached hydrogens (tertiary/aromatic N) is 1. The van der Waals surface area contributed by atoms with E-state index in [-0.39, 0.29) is 18.9 Å². The van der Waals surface area contributed by atoms with Crippen LogP contribution in [0.15, 0.2) is 22.6 Å². The van der Waals surface area contributed by atoms with Crippen molar-refractivity contribution in [2.24, 2.45) is 0 Å². The molecule has 0 spiro atoms. The van der Waals surface area contributed by atoms with Crippen LogP contribution in [-0.2, 0) is 17.8 Å². The summed E-state index contributed by atoms with van der Waals surface area (Å²) < 4.78 is 5.39. The van der Waals surface area contributed by atoms with E-state index in [4.69, 9.17) is 27.6 Å². The summed E-state index contributed by atoms with van der Waals surface area (Å²) in [5, 5.41) is 3.77. The molecule has 0 atom stereocenters. The van der Waals surface area contributed by atoms with Gasteiger partial charge in [-0.25, -0.2) is 4.98 Å². The van der Waals surface area contributed by atoms with Gasteiger partial charge < -0.3 is 9.73 Å². The molecule has 1 aromatic heterocycles. The zero-order chi connectivity index (χ0) is 14.7. The number of amides is 1. The van der Waals surface area contributed by atoms with E-state index in [1.54, 1.807) is 18.2 Å². The molecular formula is C14H14Cl2N2O2. The molecule has 0 fully saturated rings. The lowest BCUT2D eigenvalue weighted by atomic mass is 10.1. The normalized spacial score (nSPS) is 10.6. The molecule has 0 aliphatic heterocycles. The van der Waals surface area contributed by atoms with E-state index in [1.807, 2.05) is 13.8 Å². The monoisotopic (exact) mass is 312 g/mol. The van der Waals surface area contributed by atoms with Gasteiger partial charge >= 0.3 is 0 Å². The summed E-state index contributed by atoms with van der Waals surface area (Å²) in [7, 11) is 0. The number of hydrogen-bond donors (Lipinski definition) is 1. The largest absolute Gasteiger partial charge is 0.444 e. The summed E-state index contributed by atoms with van der Waals surface area (Å²) in [6.45, 7) is 3.96. The highest BCUT2D eigenvalue weighted by Crippen LogP contribution is 2.21. The van der Waals surface area contributed by atoms with Crippen molar-refractivity contribution in [2.75, 3.05) is 0 Å². The Kier molecular flexibility index (Phi) is 4.68. The molecule has 2 aromatic rings. The van der Waals surface area contributed by atoms with Gasteiger partial charge in [0, 0.05) is 10.0 Å². The van der Waals surface area contributed by atoms with Gasteiger partial charge in [0.2, 0.25) is 11.8 Å². The first kappa shape index (κ1) is 14.9. The average Bonchev–Trinajstić information content (AvgIpc) is 2.70. The van der Waals surface area contributed by atoms with Crippen LogP contribution < -0.4 is 5.32 Å². The number of rotatable bonds is 4. The maximum atomic E-state index is 11.8. The quantitative estimate of drug-likeness (QED) is 0.940. The van der Waals surface area contributed by atoms with Crippen LogP contribution in [0, 0.1) is 13.8 Å². The Morgan fingerprint density at radius 1 is 1.35 bits per heavy atom. The van der Waals surface area contributed by atoms with E-state index in [0.29, 0.717) is 15.9 Å². The number of benzene rings is 1. The van der Waals surface area contributed by atoms with Gasteiger partial charge in [0.1, 0.15) is 5.76 Å². The third-order valence-corrected chi connectivity index (χ3v) is 3.46. The molecule has 0 saturated heterocycles. The lowest BCUT2D eigenvalue weighted by Gasteiger charge is -2.05. The Labute approximate surface area is 127 Å². The van der Waals surface area contributed by atoms with Gasteiger partial charge in [0.05, 0.1) is 18.7 Å². The third-order valence-electron chi connectivity index (χ3n) is 2.88. The molecule has 1 N–H and O–H groups in total. The standard InChI is InChI=1S/C14H14Cl2N2O2/c1-8-9(2)20-14(18-8)7-17-13(19)5-10-3-4-11(15)6-12(10)16/h3-4,6H,5,7H2,1-2H3,(H,17,19). The van der Waals surface area contributed by atoms with E-state index < -0.39 is 0 Å². The van der Waals surface area contributed by atoms with Crippen LogP contribution in [0.1, 0.15) is 22.9 Å². The number of nitrogens with one attached hydrogen (secondary N) is 1. The Morgan fingerprint density at radius 2 is 2.10 bits per heavy atom. The first-order valence-corrected chi connectivity index (χ1v) is 6.85. The molecule has 1 amide bonds. The topological polar surface area (TPSA) is 55.1 Å². The van der Waals surface area contributed by atoms with Gasteiger partial charge in [0.25, 0.3) is 0 Å². The molecule has 0 unspecified atom stereocenters. The third kappa shape index (κ3) is 3.74. The summed E-state index contributed by atoms with van der Waals surface area (Å²) in [6.07, 6.45) is 0.189. The minimum atomic E-state index is -0.150. The van der Waals surface area contributed by atoms with Crippen molar-refractivity contribution in [3.8, 4) is 0 Å². The van der Waals surface area contributed by atoms with Gasteiger partial charge in [-0.15, -0.1) is 0 Å². The smallest absolute Gasteiger partial charge is 0.224 e. The van der Waals surface area contributed by atoms with Crippen LogP contribution in [0.2, 0.25) is 10.0 Å². The van der Waals surface area contributed by atoms with Crippen LogP contribution in [-0.4, -0.2) is 10.9 Å². The Hall–Kier alpha value is -1.52. The van der Waals surface area contributed by atoms with Crippen LogP contribution in [0.4, 0.5) is 0 Å². The number of carbonyl (C=O) groups is 1. The molecule has 0 radical (unpaired) electrons.